The number of nitrogens with one attached hydrogen (secondary N) is 2. The van der Waals surface area contributed by atoms with E-state index in [1.165, 1.54) is 12.1 Å². The van der Waals surface area contributed by atoms with Crippen LogP contribution in [0.25, 0.3) is 0 Å². The van der Waals surface area contributed by atoms with Crippen LogP contribution in [0.1, 0.15) is 31.2 Å². The van der Waals surface area contributed by atoms with Gasteiger partial charge < -0.3 is 15.4 Å². The SMILES string of the molecule is O=C(CCC1CCNCC1)NCc1ccc(Oc2cccc(F)c2)nc1. The molecule has 3 rings (SSSR count). The number of halogens is 1. The van der Waals surface area contributed by atoms with E-state index < -0.39 is 0 Å². The Morgan fingerprint density at radius 1 is 1.27 bits per heavy atom. The molecule has 2 N–H and O–H groups in total. The molecule has 1 aliphatic heterocycles. The Bertz CT molecular complexity index is 715. The molecule has 1 aliphatic rings. The molecule has 6 heteroatoms. The van der Waals surface area contributed by atoms with Gasteiger partial charge in [-0.15, -0.1) is 0 Å². The highest BCUT2D eigenvalue weighted by molar-refractivity contribution is 5.75. The number of carbonyl (C=O) groups excluding carboxylic acids is 1. The third-order valence-corrected chi connectivity index (χ3v) is 4.54. The van der Waals surface area contributed by atoms with Crippen molar-refractivity contribution < 1.29 is 13.9 Å². The number of nitrogens with zero attached hydrogens (tertiary/aromatic N) is 1. The number of carbonyl (C=O) groups is 1. The molecule has 5 nitrogen and oxygen atoms in total. The Morgan fingerprint density at radius 3 is 2.85 bits per heavy atom. The molecule has 0 unspecified atom stereocenters. The van der Waals surface area contributed by atoms with Gasteiger partial charge in [0.05, 0.1) is 0 Å². The highest BCUT2D eigenvalue weighted by Gasteiger charge is 2.14. The van der Waals surface area contributed by atoms with Gasteiger partial charge in [-0.05, 0) is 56.0 Å². The van der Waals surface area contributed by atoms with Gasteiger partial charge in [-0.3, -0.25) is 4.79 Å². The first-order valence-electron chi connectivity index (χ1n) is 9.05. The second kappa shape index (κ2) is 9.29. The van der Waals surface area contributed by atoms with E-state index in [-0.39, 0.29) is 11.7 Å². The lowest BCUT2D eigenvalue weighted by Crippen LogP contribution is -2.29. The van der Waals surface area contributed by atoms with Crippen LogP contribution in [0.2, 0.25) is 0 Å². The van der Waals surface area contributed by atoms with Crippen LogP contribution in [0.15, 0.2) is 42.6 Å². The van der Waals surface area contributed by atoms with Crippen molar-refractivity contribution >= 4 is 5.91 Å². The van der Waals surface area contributed by atoms with Crippen molar-refractivity contribution in [3.63, 3.8) is 0 Å². The average molecular weight is 357 g/mol. The lowest BCUT2D eigenvalue weighted by molar-refractivity contribution is -0.121. The maximum Gasteiger partial charge on any atom is 0.220 e. The second-order valence-electron chi connectivity index (χ2n) is 6.57. The van der Waals surface area contributed by atoms with Gasteiger partial charge >= 0.3 is 0 Å². The van der Waals surface area contributed by atoms with Crippen molar-refractivity contribution in [3.8, 4) is 11.6 Å². The number of piperidine rings is 1. The first-order valence-corrected chi connectivity index (χ1v) is 9.05. The van der Waals surface area contributed by atoms with E-state index in [2.05, 4.69) is 15.6 Å². The first kappa shape index (κ1) is 18.3. The van der Waals surface area contributed by atoms with Crippen molar-refractivity contribution in [3.05, 3.63) is 54.0 Å². The first-order chi connectivity index (χ1) is 12.7. The lowest BCUT2D eigenvalue weighted by atomic mass is 9.93. The molecule has 0 radical (unpaired) electrons. The summed E-state index contributed by atoms with van der Waals surface area (Å²) in [6.45, 7) is 2.56. The molecule has 0 atom stereocenters. The summed E-state index contributed by atoms with van der Waals surface area (Å²) in [5, 5.41) is 6.27. The second-order valence-corrected chi connectivity index (χ2v) is 6.57. The van der Waals surface area contributed by atoms with Crippen LogP contribution in [0, 0.1) is 11.7 Å². The summed E-state index contributed by atoms with van der Waals surface area (Å²) < 4.78 is 18.6. The lowest BCUT2D eigenvalue weighted by Gasteiger charge is -2.22. The molecule has 0 bridgehead atoms. The number of hydrogen-bond acceptors (Lipinski definition) is 4. The van der Waals surface area contributed by atoms with Gasteiger partial charge in [-0.25, -0.2) is 9.37 Å². The van der Waals surface area contributed by atoms with Gasteiger partial charge in [0.2, 0.25) is 11.8 Å². The fraction of sp³-hybridized carbons (Fsp3) is 0.400. The number of benzene rings is 1. The van der Waals surface area contributed by atoms with Crippen molar-refractivity contribution in [1.29, 1.82) is 0 Å². The zero-order chi connectivity index (χ0) is 18.2. The summed E-state index contributed by atoms with van der Waals surface area (Å²) in [5.74, 6) is 1.16. The van der Waals surface area contributed by atoms with Gasteiger partial charge in [-0.1, -0.05) is 12.1 Å². The Kier molecular flexibility index (Phi) is 6.55. The number of amides is 1. The molecule has 2 heterocycles. The van der Waals surface area contributed by atoms with Crippen LogP contribution < -0.4 is 15.4 Å². The minimum atomic E-state index is -0.355. The molecule has 1 amide bonds. The van der Waals surface area contributed by atoms with Crippen LogP contribution in [-0.2, 0) is 11.3 Å². The maximum absolute atomic E-state index is 13.1. The minimum Gasteiger partial charge on any atom is -0.439 e. The third-order valence-electron chi connectivity index (χ3n) is 4.54. The van der Waals surface area contributed by atoms with Crippen LogP contribution in [0.3, 0.4) is 0 Å². The Morgan fingerprint density at radius 2 is 2.12 bits per heavy atom. The standard InChI is InChI=1S/C20H24FN3O2/c21-17-2-1-3-18(12-17)26-20-7-5-16(14-24-20)13-23-19(25)6-4-15-8-10-22-11-9-15/h1-3,5,7,12,14-15,22H,4,6,8-11,13H2,(H,23,25). The summed E-state index contributed by atoms with van der Waals surface area (Å²) in [7, 11) is 0. The smallest absolute Gasteiger partial charge is 0.220 e. The van der Waals surface area contributed by atoms with E-state index >= 15 is 0 Å². The average Bonchev–Trinajstić information content (AvgIpc) is 2.67. The Balaban J connectivity index is 1.41. The highest BCUT2D eigenvalue weighted by Crippen LogP contribution is 2.20. The van der Waals surface area contributed by atoms with Crippen LogP contribution >= 0.6 is 0 Å². The van der Waals surface area contributed by atoms with Crippen molar-refractivity contribution in [1.82, 2.24) is 15.6 Å². The van der Waals surface area contributed by atoms with Crippen molar-refractivity contribution in [2.24, 2.45) is 5.92 Å². The van der Waals surface area contributed by atoms with Crippen molar-refractivity contribution in [2.45, 2.75) is 32.2 Å². The molecule has 26 heavy (non-hydrogen) atoms. The quantitative estimate of drug-likeness (QED) is 0.797. The molecule has 2 aromatic rings. The normalized spacial score (nSPS) is 14.8. The zero-order valence-corrected chi connectivity index (χ0v) is 14.7. The molecular weight excluding hydrogens is 333 g/mol. The van der Waals surface area contributed by atoms with E-state index in [4.69, 9.17) is 4.74 Å². The molecule has 0 saturated carbocycles. The van der Waals surface area contributed by atoms with E-state index in [0.29, 0.717) is 30.5 Å². The van der Waals surface area contributed by atoms with Crippen LogP contribution in [0.5, 0.6) is 11.6 Å². The Hall–Kier alpha value is -2.47. The van der Waals surface area contributed by atoms with E-state index in [1.54, 1.807) is 24.4 Å². The van der Waals surface area contributed by atoms with E-state index in [1.807, 2.05) is 6.07 Å². The topological polar surface area (TPSA) is 63.2 Å². The summed E-state index contributed by atoms with van der Waals surface area (Å²) in [6, 6.07) is 9.46. The van der Waals surface area contributed by atoms with Crippen LogP contribution in [-0.4, -0.2) is 24.0 Å². The monoisotopic (exact) mass is 357 g/mol. The van der Waals surface area contributed by atoms with Gasteiger partial charge in [0, 0.05) is 31.3 Å². The maximum atomic E-state index is 13.1. The minimum absolute atomic E-state index is 0.0728. The number of aromatic nitrogens is 1. The van der Waals surface area contributed by atoms with Crippen molar-refractivity contribution in [2.75, 3.05) is 13.1 Å². The van der Waals surface area contributed by atoms with Gasteiger partial charge in [0.1, 0.15) is 11.6 Å². The molecule has 138 valence electrons. The number of ether oxygens (including phenoxy) is 1. The highest BCUT2D eigenvalue weighted by atomic mass is 19.1. The largest absolute Gasteiger partial charge is 0.439 e. The number of hydrogen-bond donors (Lipinski definition) is 2. The molecule has 1 saturated heterocycles. The fourth-order valence-corrected chi connectivity index (χ4v) is 3.02. The third kappa shape index (κ3) is 5.81. The molecule has 0 spiro atoms. The van der Waals surface area contributed by atoms with Gasteiger partial charge in [-0.2, -0.15) is 0 Å². The molecule has 1 aromatic carbocycles. The molecular formula is C20H24FN3O2. The van der Waals surface area contributed by atoms with Crippen LogP contribution in [0.4, 0.5) is 4.39 Å². The Labute approximate surface area is 153 Å². The summed E-state index contributed by atoms with van der Waals surface area (Å²) >= 11 is 0. The summed E-state index contributed by atoms with van der Waals surface area (Å²) in [6.07, 6.45) is 5.49. The summed E-state index contributed by atoms with van der Waals surface area (Å²) in [4.78, 5) is 16.2. The molecule has 1 fully saturated rings. The summed E-state index contributed by atoms with van der Waals surface area (Å²) in [5.41, 5.74) is 0.895. The zero-order valence-electron chi connectivity index (χ0n) is 14.7. The molecule has 0 aliphatic carbocycles. The predicted molar refractivity (Wildman–Crippen MR) is 97.4 cm³/mol. The van der Waals surface area contributed by atoms with Gasteiger partial charge in [0.25, 0.3) is 0 Å². The van der Waals surface area contributed by atoms with E-state index in [0.717, 1.165) is 37.9 Å². The number of pyridine rings is 1. The number of rotatable bonds is 7. The van der Waals surface area contributed by atoms with E-state index in [9.17, 15) is 9.18 Å². The molecule has 1 aromatic heterocycles. The predicted octanol–water partition coefficient (Wildman–Crippen LogP) is 3.41. The van der Waals surface area contributed by atoms with Gasteiger partial charge in [0.15, 0.2) is 0 Å². The fourth-order valence-electron chi connectivity index (χ4n) is 3.02.